The van der Waals surface area contributed by atoms with Gasteiger partial charge in [0.1, 0.15) is 21.8 Å². The summed E-state index contributed by atoms with van der Waals surface area (Å²) in [6.07, 6.45) is 2.50. The summed E-state index contributed by atoms with van der Waals surface area (Å²) in [5.74, 6) is -0.676. The first-order chi connectivity index (χ1) is 19.4. The monoisotopic (exact) mass is 575 g/mol. The lowest BCUT2D eigenvalue weighted by atomic mass is 10.1. The summed E-state index contributed by atoms with van der Waals surface area (Å²) in [4.78, 5) is 30.1. The predicted molar refractivity (Wildman–Crippen MR) is 159 cm³/mol. The van der Waals surface area contributed by atoms with Crippen LogP contribution in [0, 0.1) is 22.7 Å². The fourth-order valence-corrected chi connectivity index (χ4v) is 5.91. The van der Waals surface area contributed by atoms with Crippen LogP contribution in [0.2, 0.25) is 5.02 Å². The minimum atomic E-state index is -0.676. The number of nitrogens with zero attached hydrogens (tertiary/aromatic N) is 5. The molecule has 1 aromatic heterocycles. The molecule has 1 aliphatic rings. The van der Waals surface area contributed by atoms with Crippen LogP contribution in [0.5, 0.6) is 0 Å². The number of hydrogen-bond acceptors (Lipinski definition) is 8. The molecule has 1 amide bonds. The van der Waals surface area contributed by atoms with Crippen LogP contribution in [-0.4, -0.2) is 54.6 Å². The van der Waals surface area contributed by atoms with Crippen molar-refractivity contribution in [1.82, 2.24) is 14.8 Å². The maximum Gasteiger partial charge on any atom is 0.270 e. The van der Waals surface area contributed by atoms with E-state index >= 15 is 0 Å². The Balaban J connectivity index is 1.42. The number of carbonyl (C=O) groups is 1. The van der Waals surface area contributed by atoms with Crippen molar-refractivity contribution in [3.05, 3.63) is 78.7 Å². The van der Waals surface area contributed by atoms with Crippen LogP contribution in [0.1, 0.15) is 12.5 Å². The molecule has 1 saturated heterocycles. The van der Waals surface area contributed by atoms with Crippen molar-refractivity contribution < 1.29 is 4.79 Å². The number of halogens is 1. The normalized spacial score (nSPS) is 14.8. The Labute approximate surface area is 241 Å². The molecule has 2 N–H and O–H groups in total. The summed E-state index contributed by atoms with van der Waals surface area (Å²) in [5.41, 5.74) is 2.64. The van der Waals surface area contributed by atoms with Crippen molar-refractivity contribution in [2.45, 2.75) is 19.9 Å². The lowest BCUT2D eigenvalue weighted by Crippen LogP contribution is -2.47. The maximum atomic E-state index is 13.0. The first-order valence-corrected chi connectivity index (χ1v) is 14.2. The molecule has 2 heterocycles. The molecular formula is C29H30ClN7O2S. The standard InChI is InChI=1S/C29H30ClN7O2S/c1-2-37-28(39)26(40-29(37)23(19-32)27(38)33-12-11-31)20-34-22-7-5-6-21(18-22)10-13-35-14-16-36(17-15-35)25-9-4-3-8-24(25)30/h3-9,18,20,34H,2,10,12-17H2,1H3,(H,33,38)/b26-20+,29-23-. The Morgan fingerprint density at radius 2 is 1.90 bits per heavy atom. The Morgan fingerprint density at radius 1 is 1.12 bits per heavy atom. The second-order valence-electron chi connectivity index (χ2n) is 9.17. The van der Waals surface area contributed by atoms with E-state index in [4.69, 9.17) is 16.9 Å². The third kappa shape index (κ3) is 6.91. The number of amides is 1. The fraction of sp³-hybridized carbons (Fsp3) is 0.310. The van der Waals surface area contributed by atoms with E-state index in [0.717, 1.165) is 66.9 Å². The highest BCUT2D eigenvalue weighted by molar-refractivity contribution is 7.07. The molecule has 4 rings (SSSR count). The number of para-hydroxylation sites is 1. The predicted octanol–water partition coefficient (Wildman–Crippen LogP) is 2.11. The fourth-order valence-electron chi connectivity index (χ4n) is 4.57. The van der Waals surface area contributed by atoms with Gasteiger partial charge in [0.05, 0.1) is 16.8 Å². The number of benzene rings is 2. The van der Waals surface area contributed by atoms with Gasteiger partial charge in [-0.3, -0.25) is 19.1 Å². The van der Waals surface area contributed by atoms with E-state index in [1.807, 2.05) is 42.5 Å². The summed E-state index contributed by atoms with van der Waals surface area (Å²) in [6.45, 7) is 6.61. The van der Waals surface area contributed by atoms with E-state index in [0.29, 0.717) is 11.1 Å². The molecule has 1 fully saturated rings. The van der Waals surface area contributed by atoms with Crippen LogP contribution in [0.25, 0.3) is 11.8 Å². The topological polar surface area (TPSA) is 117 Å². The molecule has 40 heavy (non-hydrogen) atoms. The zero-order chi connectivity index (χ0) is 28.5. The Kier molecular flexibility index (Phi) is 9.98. The number of carbonyl (C=O) groups excluding carboxylic acids is 1. The molecule has 0 saturated carbocycles. The zero-order valence-electron chi connectivity index (χ0n) is 22.2. The Bertz CT molecular complexity index is 1630. The van der Waals surface area contributed by atoms with Crippen LogP contribution < -0.4 is 30.3 Å². The number of rotatable bonds is 9. The molecule has 0 aliphatic carbocycles. The second kappa shape index (κ2) is 13.8. The quantitative estimate of drug-likeness (QED) is 0.375. The first kappa shape index (κ1) is 28.9. The van der Waals surface area contributed by atoms with Gasteiger partial charge in [-0.05, 0) is 43.2 Å². The number of nitriles is 2. The Hall–Kier alpha value is -4.09. The van der Waals surface area contributed by atoms with Gasteiger partial charge in [-0.1, -0.05) is 35.9 Å². The molecule has 0 unspecified atom stereocenters. The molecule has 0 atom stereocenters. The highest BCUT2D eigenvalue weighted by Gasteiger charge is 2.18. The number of piperazine rings is 1. The van der Waals surface area contributed by atoms with E-state index in [-0.39, 0.29) is 22.3 Å². The molecule has 3 aromatic rings. The number of hydrogen-bond donors (Lipinski definition) is 2. The van der Waals surface area contributed by atoms with Gasteiger partial charge in [0.2, 0.25) is 0 Å². The van der Waals surface area contributed by atoms with Gasteiger partial charge in [-0.25, -0.2) is 0 Å². The SMILES string of the molecule is CCn1c(=O)/c(=C\Nc2cccc(CCN3CCN(c4ccccc4Cl)CC3)c2)s/c1=C(/C#N)C(=O)NCC#N. The number of anilines is 2. The minimum Gasteiger partial charge on any atom is -0.368 e. The van der Waals surface area contributed by atoms with Crippen LogP contribution in [0.15, 0.2) is 53.3 Å². The number of thiazole rings is 1. The third-order valence-corrected chi connectivity index (χ3v) is 8.13. The molecule has 206 valence electrons. The third-order valence-electron chi connectivity index (χ3n) is 6.68. The Morgan fingerprint density at radius 3 is 2.60 bits per heavy atom. The molecular weight excluding hydrogens is 546 g/mol. The summed E-state index contributed by atoms with van der Waals surface area (Å²) in [7, 11) is 0. The zero-order valence-corrected chi connectivity index (χ0v) is 23.8. The second-order valence-corrected chi connectivity index (χ2v) is 10.6. The average molecular weight is 576 g/mol. The summed E-state index contributed by atoms with van der Waals surface area (Å²) in [5, 5.41) is 24.6. The summed E-state index contributed by atoms with van der Waals surface area (Å²) >= 11 is 7.44. The molecule has 11 heteroatoms. The highest BCUT2D eigenvalue weighted by Crippen LogP contribution is 2.26. The van der Waals surface area contributed by atoms with E-state index < -0.39 is 5.91 Å². The van der Waals surface area contributed by atoms with Gasteiger partial charge < -0.3 is 15.5 Å². The van der Waals surface area contributed by atoms with Gasteiger partial charge in [0, 0.05) is 51.2 Å². The summed E-state index contributed by atoms with van der Waals surface area (Å²) < 4.78 is 2.03. The van der Waals surface area contributed by atoms with E-state index in [2.05, 4.69) is 38.6 Å². The lowest BCUT2D eigenvalue weighted by molar-refractivity contribution is -0.115. The van der Waals surface area contributed by atoms with Gasteiger partial charge in [-0.15, -0.1) is 11.3 Å². The molecule has 2 aromatic carbocycles. The van der Waals surface area contributed by atoms with Gasteiger partial charge in [0.15, 0.2) is 5.57 Å². The summed E-state index contributed by atoms with van der Waals surface area (Å²) in [6, 6.07) is 19.7. The first-order valence-electron chi connectivity index (χ1n) is 13.0. The molecule has 1 aliphatic heterocycles. The minimum absolute atomic E-state index is 0.187. The van der Waals surface area contributed by atoms with E-state index in [9.17, 15) is 14.9 Å². The molecule has 0 bridgehead atoms. The van der Waals surface area contributed by atoms with Crippen LogP contribution in [0.3, 0.4) is 0 Å². The van der Waals surface area contributed by atoms with Crippen LogP contribution >= 0.6 is 22.9 Å². The largest absolute Gasteiger partial charge is 0.368 e. The number of aromatic nitrogens is 1. The van der Waals surface area contributed by atoms with Crippen LogP contribution in [0.4, 0.5) is 11.4 Å². The van der Waals surface area contributed by atoms with Crippen molar-refractivity contribution in [2.24, 2.45) is 0 Å². The van der Waals surface area contributed by atoms with Crippen molar-refractivity contribution in [1.29, 1.82) is 10.5 Å². The van der Waals surface area contributed by atoms with Crippen molar-refractivity contribution in [3.63, 3.8) is 0 Å². The van der Waals surface area contributed by atoms with Crippen molar-refractivity contribution in [3.8, 4) is 12.1 Å². The average Bonchev–Trinajstić information content (AvgIpc) is 3.29. The van der Waals surface area contributed by atoms with Crippen molar-refractivity contribution >= 4 is 52.0 Å². The lowest BCUT2D eigenvalue weighted by Gasteiger charge is -2.36. The van der Waals surface area contributed by atoms with E-state index in [1.165, 1.54) is 10.1 Å². The molecule has 0 spiro atoms. The van der Waals surface area contributed by atoms with Gasteiger partial charge in [0.25, 0.3) is 11.5 Å². The van der Waals surface area contributed by atoms with Crippen LogP contribution in [-0.2, 0) is 17.8 Å². The van der Waals surface area contributed by atoms with Gasteiger partial charge >= 0.3 is 0 Å². The van der Waals surface area contributed by atoms with Gasteiger partial charge in [-0.2, -0.15) is 10.5 Å². The molecule has 9 nitrogen and oxygen atoms in total. The van der Waals surface area contributed by atoms with E-state index in [1.54, 1.807) is 13.1 Å². The molecule has 0 radical (unpaired) electrons. The number of nitrogens with one attached hydrogen (secondary N) is 2. The highest BCUT2D eigenvalue weighted by atomic mass is 35.5. The smallest absolute Gasteiger partial charge is 0.270 e. The maximum absolute atomic E-state index is 13.0. The van der Waals surface area contributed by atoms with Crippen molar-refractivity contribution in [2.75, 3.05) is 49.5 Å².